The van der Waals surface area contributed by atoms with Crippen LogP contribution in [0.5, 0.6) is 0 Å². The van der Waals surface area contributed by atoms with Gasteiger partial charge in [0.2, 0.25) is 0 Å². The molecule has 2 heterocycles. The van der Waals surface area contributed by atoms with E-state index in [2.05, 4.69) is 21.9 Å². The number of benzene rings is 2. The molecule has 0 atom stereocenters. The zero-order valence-corrected chi connectivity index (χ0v) is 15.1. The van der Waals surface area contributed by atoms with Gasteiger partial charge in [-0.2, -0.15) is 5.10 Å². The van der Waals surface area contributed by atoms with E-state index in [-0.39, 0.29) is 11.7 Å². The van der Waals surface area contributed by atoms with Crippen molar-refractivity contribution in [2.45, 2.75) is 20.4 Å². The van der Waals surface area contributed by atoms with Crippen molar-refractivity contribution in [3.8, 4) is 5.69 Å². The van der Waals surface area contributed by atoms with Crippen molar-refractivity contribution < 1.29 is 9.18 Å². The van der Waals surface area contributed by atoms with Crippen molar-refractivity contribution >= 4 is 22.5 Å². The van der Waals surface area contributed by atoms with Gasteiger partial charge in [0, 0.05) is 29.3 Å². The van der Waals surface area contributed by atoms with Crippen LogP contribution in [0, 0.1) is 12.7 Å². The summed E-state index contributed by atoms with van der Waals surface area (Å²) in [5, 5.41) is 8.15. The van der Waals surface area contributed by atoms with Crippen LogP contribution in [0.15, 0.2) is 60.9 Å². The topological polar surface area (TPSA) is 51.9 Å². The van der Waals surface area contributed by atoms with Crippen molar-refractivity contribution in [2.75, 3.05) is 5.32 Å². The Labute approximate surface area is 156 Å². The second kappa shape index (κ2) is 6.72. The largest absolute Gasteiger partial charge is 0.348 e. The summed E-state index contributed by atoms with van der Waals surface area (Å²) in [7, 11) is 0. The predicted molar refractivity (Wildman–Crippen MR) is 104 cm³/mol. The molecule has 5 nitrogen and oxygen atoms in total. The van der Waals surface area contributed by atoms with Gasteiger partial charge >= 0.3 is 0 Å². The lowest BCUT2D eigenvalue weighted by atomic mass is 10.2. The van der Waals surface area contributed by atoms with E-state index in [1.165, 1.54) is 16.9 Å². The molecular formula is C21H19FN4O. The Morgan fingerprint density at radius 3 is 2.78 bits per heavy atom. The lowest BCUT2D eigenvalue weighted by molar-refractivity contribution is 0.102. The third kappa shape index (κ3) is 2.99. The summed E-state index contributed by atoms with van der Waals surface area (Å²) in [6.07, 6.45) is 3.49. The predicted octanol–water partition coefficient (Wildman–Crippen LogP) is 4.55. The molecule has 0 aliphatic rings. The molecule has 0 aliphatic heterocycles. The zero-order valence-electron chi connectivity index (χ0n) is 15.1. The second-order valence-electron chi connectivity index (χ2n) is 6.34. The average molecular weight is 362 g/mol. The maximum atomic E-state index is 14.0. The van der Waals surface area contributed by atoms with Crippen molar-refractivity contribution in [3.63, 3.8) is 0 Å². The Hall–Kier alpha value is -3.41. The fourth-order valence-corrected chi connectivity index (χ4v) is 3.25. The van der Waals surface area contributed by atoms with Gasteiger partial charge in [0.25, 0.3) is 5.91 Å². The molecule has 0 saturated heterocycles. The van der Waals surface area contributed by atoms with Crippen LogP contribution in [0.4, 0.5) is 10.1 Å². The van der Waals surface area contributed by atoms with Gasteiger partial charge in [-0.15, -0.1) is 0 Å². The SMILES string of the molecule is CCn1ccc2cc(NC(=O)c3cnn(-c4ccccc4F)c3C)ccc21. The second-order valence-corrected chi connectivity index (χ2v) is 6.34. The van der Waals surface area contributed by atoms with E-state index in [0.717, 1.165) is 17.4 Å². The van der Waals surface area contributed by atoms with Gasteiger partial charge in [0.15, 0.2) is 0 Å². The first-order valence-corrected chi connectivity index (χ1v) is 8.78. The molecule has 4 rings (SSSR count). The fraction of sp³-hybridized carbons (Fsp3) is 0.143. The first-order valence-electron chi connectivity index (χ1n) is 8.78. The molecule has 2 aromatic carbocycles. The highest BCUT2D eigenvalue weighted by molar-refractivity contribution is 6.05. The van der Waals surface area contributed by atoms with E-state index in [0.29, 0.717) is 22.6 Å². The van der Waals surface area contributed by atoms with Crippen molar-refractivity contribution in [1.82, 2.24) is 14.3 Å². The van der Waals surface area contributed by atoms with Crippen molar-refractivity contribution in [1.29, 1.82) is 0 Å². The van der Waals surface area contributed by atoms with Gasteiger partial charge in [-0.05, 0) is 50.2 Å². The summed E-state index contributed by atoms with van der Waals surface area (Å²) in [6, 6.07) is 14.2. The highest BCUT2D eigenvalue weighted by atomic mass is 19.1. The van der Waals surface area contributed by atoms with E-state index in [4.69, 9.17) is 0 Å². The van der Waals surface area contributed by atoms with Crippen LogP contribution < -0.4 is 5.32 Å². The number of carbonyl (C=O) groups is 1. The summed E-state index contributed by atoms with van der Waals surface area (Å²) in [4.78, 5) is 12.7. The molecule has 6 heteroatoms. The molecule has 0 bridgehead atoms. The molecule has 2 aromatic heterocycles. The maximum Gasteiger partial charge on any atom is 0.259 e. The van der Waals surface area contributed by atoms with Crippen LogP contribution in [-0.2, 0) is 6.54 Å². The monoisotopic (exact) mass is 362 g/mol. The normalized spacial score (nSPS) is 11.1. The third-order valence-corrected chi connectivity index (χ3v) is 4.70. The number of para-hydroxylation sites is 1. The number of amides is 1. The third-order valence-electron chi connectivity index (χ3n) is 4.70. The van der Waals surface area contributed by atoms with Gasteiger partial charge in [0.05, 0.1) is 17.5 Å². The number of aromatic nitrogens is 3. The number of nitrogens with one attached hydrogen (secondary N) is 1. The highest BCUT2D eigenvalue weighted by Gasteiger charge is 2.17. The van der Waals surface area contributed by atoms with E-state index >= 15 is 0 Å². The Kier molecular flexibility index (Phi) is 4.24. The summed E-state index contributed by atoms with van der Waals surface area (Å²) < 4.78 is 17.6. The minimum absolute atomic E-state index is 0.274. The lowest BCUT2D eigenvalue weighted by Gasteiger charge is -2.08. The highest BCUT2D eigenvalue weighted by Crippen LogP contribution is 2.22. The van der Waals surface area contributed by atoms with Crippen LogP contribution >= 0.6 is 0 Å². The van der Waals surface area contributed by atoms with Gasteiger partial charge in [-0.1, -0.05) is 12.1 Å². The number of halogens is 1. The minimum Gasteiger partial charge on any atom is -0.348 e. The van der Waals surface area contributed by atoms with Gasteiger partial charge < -0.3 is 9.88 Å². The average Bonchev–Trinajstić information content (AvgIpc) is 3.25. The maximum absolute atomic E-state index is 14.0. The number of carbonyl (C=O) groups excluding carboxylic acids is 1. The molecule has 0 radical (unpaired) electrons. The van der Waals surface area contributed by atoms with Crippen LogP contribution in [-0.4, -0.2) is 20.3 Å². The van der Waals surface area contributed by atoms with E-state index < -0.39 is 0 Å². The summed E-state index contributed by atoms with van der Waals surface area (Å²) in [5.41, 5.74) is 3.13. The molecule has 0 aliphatic carbocycles. The summed E-state index contributed by atoms with van der Waals surface area (Å²) in [5.74, 6) is -0.661. The zero-order chi connectivity index (χ0) is 19.0. The Morgan fingerprint density at radius 1 is 1.19 bits per heavy atom. The smallest absolute Gasteiger partial charge is 0.259 e. The molecule has 1 N–H and O–H groups in total. The van der Waals surface area contributed by atoms with Crippen LogP contribution in [0.3, 0.4) is 0 Å². The number of hydrogen-bond donors (Lipinski definition) is 1. The number of hydrogen-bond acceptors (Lipinski definition) is 2. The number of aryl methyl sites for hydroxylation is 1. The Morgan fingerprint density at radius 2 is 2.00 bits per heavy atom. The van der Waals surface area contributed by atoms with E-state index in [9.17, 15) is 9.18 Å². The number of fused-ring (bicyclic) bond motifs is 1. The Balaban J connectivity index is 1.61. The number of rotatable bonds is 4. The molecule has 0 spiro atoms. The lowest BCUT2D eigenvalue weighted by Crippen LogP contribution is -2.13. The molecule has 1 amide bonds. The first kappa shape index (κ1) is 17.0. The summed E-state index contributed by atoms with van der Waals surface area (Å²) in [6.45, 7) is 4.73. The minimum atomic E-state index is -0.387. The van der Waals surface area contributed by atoms with Crippen molar-refractivity contribution in [3.05, 3.63) is 78.0 Å². The number of nitrogens with zero attached hydrogens (tertiary/aromatic N) is 3. The molecule has 136 valence electrons. The standard InChI is InChI=1S/C21H19FN4O/c1-3-25-11-10-15-12-16(8-9-19(15)25)24-21(27)17-13-23-26(14(17)2)20-7-5-4-6-18(20)22/h4-13H,3H2,1-2H3,(H,24,27). The van der Waals surface area contributed by atoms with Gasteiger partial charge in [0.1, 0.15) is 11.5 Å². The quantitative estimate of drug-likeness (QED) is 0.579. The number of anilines is 1. The molecule has 0 unspecified atom stereocenters. The van der Waals surface area contributed by atoms with Gasteiger partial charge in [-0.3, -0.25) is 4.79 Å². The molecule has 27 heavy (non-hydrogen) atoms. The fourth-order valence-electron chi connectivity index (χ4n) is 3.25. The van der Waals surface area contributed by atoms with Crippen LogP contribution in [0.25, 0.3) is 16.6 Å². The molecular weight excluding hydrogens is 343 g/mol. The van der Waals surface area contributed by atoms with Crippen LogP contribution in [0.2, 0.25) is 0 Å². The molecule has 0 saturated carbocycles. The van der Waals surface area contributed by atoms with E-state index in [1.54, 1.807) is 25.1 Å². The van der Waals surface area contributed by atoms with E-state index in [1.807, 2.05) is 30.5 Å². The Bertz CT molecular complexity index is 1140. The molecule has 0 fully saturated rings. The first-order chi connectivity index (χ1) is 13.1. The summed E-state index contributed by atoms with van der Waals surface area (Å²) >= 11 is 0. The van der Waals surface area contributed by atoms with Crippen LogP contribution in [0.1, 0.15) is 23.0 Å². The van der Waals surface area contributed by atoms with Gasteiger partial charge in [-0.25, -0.2) is 9.07 Å². The van der Waals surface area contributed by atoms with Crippen molar-refractivity contribution in [2.24, 2.45) is 0 Å². The molecule has 4 aromatic rings.